The van der Waals surface area contributed by atoms with Gasteiger partial charge in [-0.3, -0.25) is 4.79 Å². The van der Waals surface area contributed by atoms with Crippen molar-refractivity contribution in [2.45, 2.75) is 77.7 Å². The molecule has 0 spiro atoms. The summed E-state index contributed by atoms with van der Waals surface area (Å²) in [5.41, 5.74) is -0.0215. The molecule has 1 heterocycles. The number of nitrogens with zero attached hydrogens (tertiary/aromatic N) is 1. The van der Waals surface area contributed by atoms with Crippen LogP contribution in [0.25, 0.3) is 0 Å². The summed E-state index contributed by atoms with van der Waals surface area (Å²) >= 11 is 0. The van der Waals surface area contributed by atoms with Gasteiger partial charge in [-0.05, 0) is 45.1 Å². The predicted molar refractivity (Wildman–Crippen MR) is 83.7 cm³/mol. The quantitative estimate of drug-likeness (QED) is 0.776. The third kappa shape index (κ3) is 3.55. The van der Waals surface area contributed by atoms with Crippen LogP contribution in [0.15, 0.2) is 0 Å². The monoisotopic (exact) mass is 280 g/mol. The van der Waals surface area contributed by atoms with E-state index in [1.165, 1.54) is 32.1 Å². The Balaban J connectivity index is 2.01. The minimum Gasteiger partial charge on any atom is -0.341 e. The topological polar surface area (TPSA) is 32.3 Å². The Hall–Kier alpha value is -0.570. The molecule has 1 saturated heterocycles. The lowest BCUT2D eigenvalue weighted by molar-refractivity contribution is -0.142. The standard InChI is InChI=1S/C17H32N2O/c1-3-5-13-19(14-15-9-8-12-18-15)16(20)17(4-2)10-6-7-11-17/h15,18H,3-14H2,1-2H3. The third-order valence-corrected chi connectivity index (χ3v) is 5.36. The van der Waals surface area contributed by atoms with Crippen molar-refractivity contribution in [1.29, 1.82) is 0 Å². The van der Waals surface area contributed by atoms with Crippen LogP contribution in [0.4, 0.5) is 0 Å². The zero-order valence-corrected chi connectivity index (χ0v) is 13.4. The van der Waals surface area contributed by atoms with Gasteiger partial charge in [0.1, 0.15) is 0 Å². The van der Waals surface area contributed by atoms with Crippen molar-refractivity contribution in [2.75, 3.05) is 19.6 Å². The molecule has 1 amide bonds. The number of nitrogens with one attached hydrogen (secondary N) is 1. The lowest BCUT2D eigenvalue weighted by Gasteiger charge is -2.35. The van der Waals surface area contributed by atoms with E-state index in [1.54, 1.807) is 0 Å². The molecule has 2 aliphatic rings. The molecule has 20 heavy (non-hydrogen) atoms. The maximum atomic E-state index is 13.1. The molecular weight excluding hydrogens is 248 g/mol. The third-order valence-electron chi connectivity index (χ3n) is 5.36. The van der Waals surface area contributed by atoms with Crippen molar-refractivity contribution >= 4 is 5.91 Å². The summed E-state index contributed by atoms with van der Waals surface area (Å²) in [6.45, 7) is 7.42. The second kappa shape index (κ2) is 7.44. The van der Waals surface area contributed by atoms with Gasteiger partial charge in [0.05, 0.1) is 0 Å². The summed E-state index contributed by atoms with van der Waals surface area (Å²) in [5, 5.41) is 3.55. The van der Waals surface area contributed by atoms with Crippen LogP contribution in [0.5, 0.6) is 0 Å². The van der Waals surface area contributed by atoms with Crippen LogP contribution >= 0.6 is 0 Å². The summed E-state index contributed by atoms with van der Waals surface area (Å²) in [5.74, 6) is 0.458. The molecule has 2 fully saturated rings. The fraction of sp³-hybridized carbons (Fsp3) is 0.941. The molecule has 1 aliphatic heterocycles. The van der Waals surface area contributed by atoms with Crippen LogP contribution in [0.3, 0.4) is 0 Å². The first-order valence-electron chi connectivity index (χ1n) is 8.74. The summed E-state index contributed by atoms with van der Waals surface area (Å²) in [6.07, 6.45) is 10.5. The van der Waals surface area contributed by atoms with Gasteiger partial charge in [-0.1, -0.05) is 33.1 Å². The highest BCUT2D eigenvalue weighted by molar-refractivity contribution is 5.83. The summed E-state index contributed by atoms with van der Waals surface area (Å²) in [7, 11) is 0. The van der Waals surface area contributed by atoms with Crippen molar-refractivity contribution in [3.8, 4) is 0 Å². The first-order valence-corrected chi connectivity index (χ1v) is 8.74. The van der Waals surface area contributed by atoms with Crippen molar-refractivity contribution in [2.24, 2.45) is 5.41 Å². The fourth-order valence-corrected chi connectivity index (χ4v) is 3.91. The van der Waals surface area contributed by atoms with Crippen LogP contribution in [0.1, 0.15) is 71.6 Å². The second-order valence-electron chi connectivity index (χ2n) is 6.74. The largest absolute Gasteiger partial charge is 0.341 e. The van der Waals surface area contributed by atoms with Gasteiger partial charge in [-0.15, -0.1) is 0 Å². The molecule has 0 bridgehead atoms. The molecule has 1 unspecified atom stereocenters. The first-order chi connectivity index (χ1) is 9.72. The molecule has 3 nitrogen and oxygen atoms in total. The van der Waals surface area contributed by atoms with Crippen molar-refractivity contribution in [3.63, 3.8) is 0 Å². The van der Waals surface area contributed by atoms with Crippen molar-refractivity contribution in [3.05, 3.63) is 0 Å². The molecular formula is C17H32N2O. The van der Waals surface area contributed by atoms with E-state index in [0.29, 0.717) is 11.9 Å². The van der Waals surface area contributed by atoms with Crippen molar-refractivity contribution in [1.82, 2.24) is 10.2 Å². The zero-order chi connectivity index (χ0) is 14.4. The van der Waals surface area contributed by atoms with E-state index in [2.05, 4.69) is 24.1 Å². The lowest BCUT2D eigenvalue weighted by Crippen LogP contribution is -2.47. The van der Waals surface area contributed by atoms with E-state index in [-0.39, 0.29) is 5.41 Å². The normalized spacial score (nSPS) is 25.0. The average Bonchev–Trinajstić information content (AvgIpc) is 3.14. The van der Waals surface area contributed by atoms with Gasteiger partial charge >= 0.3 is 0 Å². The molecule has 116 valence electrons. The van der Waals surface area contributed by atoms with Gasteiger partial charge in [-0.25, -0.2) is 0 Å². The molecule has 1 aliphatic carbocycles. The predicted octanol–water partition coefficient (Wildman–Crippen LogP) is 3.34. The molecule has 1 atom stereocenters. The minimum absolute atomic E-state index is 0.0215. The number of unbranched alkanes of at least 4 members (excludes halogenated alkanes) is 1. The Kier molecular flexibility index (Phi) is 5.88. The number of carbonyl (C=O) groups excluding carboxylic acids is 1. The smallest absolute Gasteiger partial charge is 0.228 e. The van der Waals surface area contributed by atoms with Crippen LogP contribution in [0, 0.1) is 5.41 Å². The molecule has 2 rings (SSSR count). The van der Waals surface area contributed by atoms with Gasteiger partial charge in [0.25, 0.3) is 0 Å². The highest BCUT2D eigenvalue weighted by Crippen LogP contribution is 2.42. The Morgan fingerprint density at radius 3 is 2.55 bits per heavy atom. The van der Waals surface area contributed by atoms with E-state index < -0.39 is 0 Å². The second-order valence-corrected chi connectivity index (χ2v) is 6.74. The first kappa shape index (κ1) is 15.8. The van der Waals surface area contributed by atoms with Crippen LogP contribution in [-0.4, -0.2) is 36.5 Å². The highest BCUT2D eigenvalue weighted by atomic mass is 16.2. The highest BCUT2D eigenvalue weighted by Gasteiger charge is 2.42. The SMILES string of the molecule is CCCCN(CC1CCCN1)C(=O)C1(CC)CCCC1. The Morgan fingerprint density at radius 2 is 2.00 bits per heavy atom. The lowest BCUT2D eigenvalue weighted by atomic mass is 9.81. The summed E-state index contributed by atoms with van der Waals surface area (Å²) < 4.78 is 0. The minimum atomic E-state index is -0.0215. The number of amides is 1. The van der Waals surface area contributed by atoms with Crippen LogP contribution in [0.2, 0.25) is 0 Å². The van der Waals surface area contributed by atoms with Gasteiger partial charge in [0, 0.05) is 24.5 Å². The van der Waals surface area contributed by atoms with Gasteiger partial charge in [0.15, 0.2) is 0 Å². The molecule has 0 aromatic carbocycles. The zero-order valence-electron chi connectivity index (χ0n) is 13.4. The van der Waals surface area contributed by atoms with E-state index in [4.69, 9.17) is 0 Å². The maximum Gasteiger partial charge on any atom is 0.228 e. The average molecular weight is 280 g/mol. The number of rotatable bonds is 7. The van der Waals surface area contributed by atoms with Crippen LogP contribution < -0.4 is 5.32 Å². The Bertz CT molecular complexity index is 304. The van der Waals surface area contributed by atoms with E-state index in [9.17, 15) is 4.79 Å². The van der Waals surface area contributed by atoms with E-state index >= 15 is 0 Å². The van der Waals surface area contributed by atoms with Crippen LogP contribution in [-0.2, 0) is 4.79 Å². The van der Waals surface area contributed by atoms with Gasteiger partial charge in [0.2, 0.25) is 5.91 Å². The summed E-state index contributed by atoms with van der Waals surface area (Å²) in [4.78, 5) is 15.3. The van der Waals surface area contributed by atoms with Gasteiger partial charge in [-0.2, -0.15) is 0 Å². The summed E-state index contributed by atoms with van der Waals surface area (Å²) in [6, 6.07) is 0.533. The molecule has 0 radical (unpaired) electrons. The van der Waals surface area contributed by atoms with E-state index in [0.717, 1.165) is 45.3 Å². The Morgan fingerprint density at radius 1 is 1.25 bits per heavy atom. The number of hydrogen-bond donors (Lipinski definition) is 1. The molecule has 3 heteroatoms. The Labute approximate surface area is 124 Å². The fourth-order valence-electron chi connectivity index (χ4n) is 3.91. The van der Waals surface area contributed by atoms with Crippen molar-refractivity contribution < 1.29 is 4.79 Å². The van der Waals surface area contributed by atoms with Gasteiger partial charge < -0.3 is 10.2 Å². The van der Waals surface area contributed by atoms with E-state index in [1.807, 2.05) is 0 Å². The molecule has 1 saturated carbocycles. The maximum absolute atomic E-state index is 13.1. The molecule has 0 aromatic rings. The molecule has 0 aromatic heterocycles. The molecule has 1 N–H and O–H groups in total. The number of hydrogen-bond acceptors (Lipinski definition) is 2. The number of carbonyl (C=O) groups is 1.